The topological polar surface area (TPSA) is 55.9 Å². The van der Waals surface area contributed by atoms with Crippen molar-refractivity contribution in [1.29, 1.82) is 0 Å². The average Bonchev–Trinajstić information content (AvgIpc) is 3.20. The molecule has 1 aliphatic rings. The molecule has 2 aromatic carbocycles. The molecule has 0 saturated heterocycles. The van der Waals surface area contributed by atoms with Crippen LogP contribution in [0.1, 0.15) is 50.3 Å². The minimum atomic E-state index is -0.0625. The number of anilines is 1. The highest BCUT2D eigenvalue weighted by Crippen LogP contribution is 2.26. The molecule has 0 unspecified atom stereocenters. The molecule has 1 heterocycles. The molecule has 0 spiro atoms. The van der Waals surface area contributed by atoms with E-state index in [1.54, 1.807) is 5.01 Å². The zero-order chi connectivity index (χ0) is 23.1. The second-order valence-corrected chi connectivity index (χ2v) is 9.27. The van der Waals surface area contributed by atoms with Crippen LogP contribution in [0.5, 0.6) is 0 Å². The van der Waals surface area contributed by atoms with Gasteiger partial charge < -0.3 is 10.2 Å². The van der Waals surface area contributed by atoms with Crippen molar-refractivity contribution in [3.8, 4) is 0 Å². The summed E-state index contributed by atoms with van der Waals surface area (Å²) >= 11 is 3.50. The summed E-state index contributed by atoms with van der Waals surface area (Å²) in [6.07, 6.45) is 3.18. The number of nitrogens with one attached hydrogen (secondary N) is 1. The van der Waals surface area contributed by atoms with Crippen LogP contribution >= 0.6 is 15.9 Å². The summed E-state index contributed by atoms with van der Waals surface area (Å²) < 4.78 is 0.973. The Balaban J connectivity index is 0.00000385. The molecule has 33 heavy (non-hydrogen) atoms. The second kappa shape index (κ2) is 12.8. The predicted molar refractivity (Wildman–Crippen MR) is 139 cm³/mol. The average molecular weight is 518 g/mol. The highest BCUT2D eigenvalue weighted by Gasteiger charge is 2.26. The van der Waals surface area contributed by atoms with Crippen LogP contribution in [-0.2, 0) is 22.7 Å². The van der Waals surface area contributed by atoms with Gasteiger partial charge in [0.25, 0.3) is 5.91 Å². The van der Waals surface area contributed by atoms with E-state index in [1.165, 1.54) is 11.1 Å². The van der Waals surface area contributed by atoms with E-state index in [-0.39, 0.29) is 32.3 Å². The molecule has 1 aliphatic heterocycles. The number of fused-ring (bicyclic) bond motifs is 1. The van der Waals surface area contributed by atoms with Crippen LogP contribution in [-0.4, -0.2) is 48.5 Å². The van der Waals surface area contributed by atoms with E-state index in [1.807, 2.05) is 54.2 Å². The molecule has 3 rings (SSSR count). The van der Waals surface area contributed by atoms with Crippen molar-refractivity contribution >= 4 is 33.4 Å². The zero-order valence-electron chi connectivity index (χ0n) is 19.2. The lowest BCUT2D eigenvalue weighted by Crippen LogP contribution is -2.48. The van der Waals surface area contributed by atoms with Gasteiger partial charge in [-0.05, 0) is 48.2 Å². The molecule has 0 aliphatic carbocycles. The fourth-order valence-corrected chi connectivity index (χ4v) is 4.46. The predicted octanol–water partition coefficient (Wildman–Crippen LogP) is 4.90. The van der Waals surface area contributed by atoms with Crippen LogP contribution in [0.2, 0.25) is 0 Å². The number of aryl methyl sites for hydroxylation is 1. The smallest absolute Gasteiger partial charge is 0.256 e. The Kier molecular flexibility index (Phi) is 10.4. The van der Waals surface area contributed by atoms with Gasteiger partial charge >= 0.3 is 0 Å². The van der Waals surface area contributed by atoms with Crippen LogP contribution in [0, 0.1) is 6.92 Å². The molecular formula is C26H37BrN4O2. The maximum absolute atomic E-state index is 13.2. The normalized spacial score (nSPS) is 12.6. The molecule has 180 valence electrons. The first kappa shape index (κ1) is 26.9. The number of likely N-dealkylation sites (N-methyl/N-ethyl adjacent to an activating group) is 1. The third-order valence-electron chi connectivity index (χ3n) is 5.87. The first-order valence-corrected chi connectivity index (χ1v) is 12.0. The summed E-state index contributed by atoms with van der Waals surface area (Å²) in [5, 5.41) is 6.73. The lowest BCUT2D eigenvalue weighted by Gasteiger charge is -2.32. The van der Waals surface area contributed by atoms with Gasteiger partial charge in [-0.15, -0.1) is 0 Å². The van der Waals surface area contributed by atoms with E-state index in [0.29, 0.717) is 19.6 Å². The van der Waals surface area contributed by atoms with Gasteiger partial charge in [0.05, 0.1) is 13.1 Å². The number of benzene rings is 2. The van der Waals surface area contributed by atoms with Gasteiger partial charge in [0.1, 0.15) is 0 Å². The third kappa shape index (κ3) is 7.30. The highest BCUT2D eigenvalue weighted by molar-refractivity contribution is 9.10. The molecule has 0 atom stereocenters. The van der Waals surface area contributed by atoms with Crippen molar-refractivity contribution in [2.45, 2.75) is 53.6 Å². The van der Waals surface area contributed by atoms with E-state index >= 15 is 0 Å². The van der Waals surface area contributed by atoms with E-state index in [0.717, 1.165) is 35.0 Å². The Morgan fingerprint density at radius 1 is 1.06 bits per heavy atom. The van der Waals surface area contributed by atoms with E-state index in [9.17, 15) is 9.59 Å². The molecule has 0 aromatic heterocycles. The number of amides is 2. The van der Waals surface area contributed by atoms with E-state index < -0.39 is 0 Å². The largest absolute Gasteiger partial charge is 0.355 e. The third-order valence-corrected chi connectivity index (χ3v) is 6.37. The number of hydrogen-bond donors (Lipinski definition) is 1. The molecule has 2 aromatic rings. The first-order chi connectivity index (χ1) is 15.4. The van der Waals surface area contributed by atoms with Gasteiger partial charge in [-0.3, -0.25) is 14.6 Å². The molecule has 0 radical (unpaired) electrons. The summed E-state index contributed by atoms with van der Waals surface area (Å²) in [6, 6.07) is 14.2. The SMILES string of the molecule is C.CCCCCNC(=O)CN(CC(=O)N(C)N1Cc2ccccc2C1)c1ccc(Br)cc1C. The molecule has 7 heteroatoms. The van der Waals surface area contributed by atoms with Crippen LogP contribution in [0.3, 0.4) is 0 Å². The van der Waals surface area contributed by atoms with Gasteiger partial charge in [-0.2, -0.15) is 0 Å². The van der Waals surface area contributed by atoms with Crippen LogP contribution < -0.4 is 10.2 Å². The van der Waals surface area contributed by atoms with Crippen LogP contribution in [0.15, 0.2) is 46.9 Å². The Morgan fingerprint density at radius 2 is 1.73 bits per heavy atom. The second-order valence-electron chi connectivity index (χ2n) is 8.35. The van der Waals surface area contributed by atoms with Crippen molar-refractivity contribution in [2.75, 3.05) is 31.6 Å². The maximum Gasteiger partial charge on any atom is 0.256 e. The zero-order valence-corrected chi connectivity index (χ0v) is 20.8. The number of halogens is 1. The molecule has 0 saturated carbocycles. The number of rotatable bonds is 10. The van der Waals surface area contributed by atoms with Gasteiger partial charge in [0.15, 0.2) is 0 Å². The maximum atomic E-state index is 13.2. The Hall–Kier alpha value is -2.38. The Bertz CT molecular complexity index is 925. The van der Waals surface area contributed by atoms with Crippen molar-refractivity contribution in [3.63, 3.8) is 0 Å². The standard InChI is InChI=1S/C25H33BrN4O2.CH4/c1-4-5-8-13-27-24(31)17-29(23-12-11-22(26)14-19(23)2)18-25(32)28(3)30-15-20-9-6-7-10-21(20)16-30;/h6-7,9-12,14H,4-5,8,13,15-18H2,1-3H3,(H,27,31);1H4. The molecular weight excluding hydrogens is 480 g/mol. The van der Waals surface area contributed by atoms with E-state index in [2.05, 4.69) is 40.3 Å². The van der Waals surface area contributed by atoms with Crippen molar-refractivity contribution in [1.82, 2.24) is 15.3 Å². The van der Waals surface area contributed by atoms with Gasteiger partial charge in [-0.1, -0.05) is 67.4 Å². The monoisotopic (exact) mass is 516 g/mol. The van der Waals surface area contributed by atoms with Gasteiger partial charge in [0.2, 0.25) is 5.91 Å². The number of unbranched alkanes of at least 4 members (excludes halogenated alkanes) is 2. The van der Waals surface area contributed by atoms with Gasteiger partial charge in [0, 0.05) is 36.8 Å². The summed E-state index contributed by atoms with van der Waals surface area (Å²) in [6.45, 7) is 6.52. The molecule has 0 bridgehead atoms. The lowest BCUT2D eigenvalue weighted by atomic mass is 10.1. The first-order valence-electron chi connectivity index (χ1n) is 11.2. The Morgan fingerprint density at radius 3 is 2.33 bits per heavy atom. The number of carbonyl (C=O) groups is 2. The Labute approximate surface area is 207 Å². The van der Waals surface area contributed by atoms with E-state index in [4.69, 9.17) is 0 Å². The van der Waals surface area contributed by atoms with Crippen LogP contribution in [0.4, 0.5) is 5.69 Å². The highest BCUT2D eigenvalue weighted by atomic mass is 79.9. The molecule has 0 fully saturated rings. The number of nitrogens with zero attached hydrogens (tertiary/aromatic N) is 3. The quantitative estimate of drug-likeness (QED) is 0.456. The number of carbonyl (C=O) groups excluding carboxylic acids is 2. The molecule has 1 N–H and O–H groups in total. The van der Waals surface area contributed by atoms with Crippen LogP contribution in [0.25, 0.3) is 0 Å². The fourth-order valence-electron chi connectivity index (χ4n) is 3.98. The van der Waals surface area contributed by atoms with Crippen molar-refractivity contribution in [3.05, 3.63) is 63.6 Å². The number of hydrazine groups is 1. The molecule has 2 amide bonds. The fraction of sp³-hybridized carbons (Fsp3) is 0.462. The van der Waals surface area contributed by atoms with Crippen molar-refractivity contribution in [2.24, 2.45) is 0 Å². The minimum absolute atomic E-state index is 0. The summed E-state index contributed by atoms with van der Waals surface area (Å²) in [5.74, 6) is -0.105. The van der Waals surface area contributed by atoms with Crippen molar-refractivity contribution < 1.29 is 9.59 Å². The lowest BCUT2D eigenvalue weighted by molar-refractivity contribution is -0.145. The summed E-state index contributed by atoms with van der Waals surface area (Å²) in [4.78, 5) is 27.7. The molecule has 6 nitrogen and oxygen atoms in total. The minimum Gasteiger partial charge on any atom is -0.355 e. The number of hydrogen-bond acceptors (Lipinski definition) is 4. The van der Waals surface area contributed by atoms with Gasteiger partial charge in [-0.25, -0.2) is 5.01 Å². The summed E-state index contributed by atoms with van der Waals surface area (Å²) in [7, 11) is 1.81. The summed E-state index contributed by atoms with van der Waals surface area (Å²) in [5.41, 5.74) is 4.41.